The summed E-state index contributed by atoms with van der Waals surface area (Å²) < 4.78 is 10.7. The second-order valence-electron chi connectivity index (χ2n) is 4.27. The Morgan fingerprint density at radius 2 is 2.30 bits per heavy atom. The first-order valence-electron chi connectivity index (χ1n) is 5.87. The first-order chi connectivity index (χ1) is 9.61. The number of hydrogen-bond donors (Lipinski definition) is 2. The van der Waals surface area contributed by atoms with Gasteiger partial charge in [-0.3, -0.25) is 4.79 Å². The number of rotatable bonds is 3. The molecular weight excluding hydrogens is 264 g/mol. The van der Waals surface area contributed by atoms with Crippen molar-refractivity contribution in [3.05, 3.63) is 46.5 Å². The third-order valence-electron chi connectivity index (χ3n) is 2.86. The Labute approximate surface area is 112 Å². The van der Waals surface area contributed by atoms with E-state index in [1.54, 1.807) is 18.2 Å². The van der Waals surface area contributed by atoms with Gasteiger partial charge in [0.1, 0.15) is 11.5 Å². The summed E-state index contributed by atoms with van der Waals surface area (Å²) in [6, 6.07) is 6.21. The minimum atomic E-state index is -1.00. The fraction of sp³-hybridized carbons (Fsp3) is 0.154. The SMILES string of the molecule is O=C(O)C1Cc2ccc(Oc3cc(=O)[nH]cn3)cc2O1. The number of ether oxygens (including phenoxy) is 2. The van der Waals surface area contributed by atoms with Crippen LogP contribution in [0.4, 0.5) is 0 Å². The standard InChI is InChI=1S/C13H10N2O5/c16-11-5-12(15-6-14-11)19-8-2-1-7-3-10(13(17)18)20-9(7)4-8/h1-2,4-6,10H,3H2,(H,17,18)(H,14,15,16). The van der Waals surface area contributed by atoms with E-state index >= 15 is 0 Å². The highest BCUT2D eigenvalue weighted by atomic mass is 16.5. The van der Waals surface area contributed by atoms with Crippen molar-refractivity contribution in [2.24, 2.45) is 0 Å². The number of aliphatic carboxylic acids is 1. The molecule has 1 aliphatic heterocycles. The van der Waals surface area contributed by atoms with E-state index in [-0.39, 0.29) is 11.4 Å². The topological polar surface area (TPSA) is 102 Å². The van der Waals surface area contributed by atoms with Crippen molar-refractivity contribution in [1.29, 1.82) is 0 Å². The summed E-state index contributed by atoms with van der Waals surface area (Å²) in [5.41, 5.74) is 0.488. The molecule has 0 saturated heterocycles. The van der Waals surface area contributed by atoms with E-state index in [1.165, 1.54) is 12.4 Å². The van der Waals surface area contributed by atoms with Crippen molar-refractivity contribution >= 4 is 5.97 Å². The number of carboxylic acids is 1. The van der Waals surface area contributed by atoms with E-state index in [4.69, 9.17) is 14.6 Å². The number of hydrogen-bond acceptors (Lipinski definition) is 5. The molecule has 1 aromatic heterocycles. The van der Waals surface area contributed by atoms with Gasteiger partial charge < -0.3 is 19.6 Å². The van der Waals surface area contributed by atoms with Crippen LogP contribution in [0.3, 0.4) is 0 Å². The van der Waals surface area contributed by atoms with Gasteiger partial charge >= 0.3 is 5.97 Å². The van der Waals surface area contributed by atoms with Crippen molar-refractivity contribution in [2.75, 3.05) is 0 Å². The predicted molar refractivity (Wildman–Crippen MR) is 67.1 cm³/mol. The summed E-state index contributed by atoms with van der Waals surface area (Å²) >= 11 is 0. The van der Waals surface area contributed by atoms with E-state index < -0.39 is 12.1 Å². The lowest BCUT2D eigenvalue weighted by Crippen LogP contribution is -2.24. The van der Waals surface area contributed by atoms with Gasteiger partial charge in [-0.25, -0.2) is 9.78 Å². The minimum Gasteiger partial charge on any atom is -0.478 e. The Bertz CT molecular complexity index is 725. The molecule has 0 amide bonds. The predicted octanol–water partition coefficient (Wildman–Crippen LogP) is 0.950. The van der Waals surface area contributed by atoms with Crippen LogP contribution in [0, 0.1) is 0 Å². The first kappa shape index (κ1) is 12.2. The van der Waals surface area contributed by atoms with Gasteiger partial charge in [-0.1, -0.05) is 6.07 Å². The molecule has 102 valence electrons. The van der Waals surface area contributed by atoms with Crippen LogP contribution < -0.4 is 15.0 Å². The van der Waals surface area contributed by atoms with Crippen LogP contribution in [0.15, 0.2) is 35.4 Å². The Morgan fingerprint density at radius 3 is 3.05 bits per heavy atom. The van der Waals surface area contributed by atoms with Crippen LogP contribution in [-0.4, -0.2) is 27.1 Å². The van der Waals surface area contributed by atoms with Crippen LogP contribution in [0.5, 0.6) is 17.4 Å². The summed E-state index contributed by atoms with van der Waals surface area (Å²) in [5, 5.41) is 8.92. The van der Waals surface area contributed by atoms with Crippen LogP contribution >= 0.6 is 0 Å². The minimum absolute atomic E-state index is 0.154. The quantitative estimate of drug-likeness (QED) is 0.864. The van der Waals surface area contributed by atoms with Crippen LogP contribution in [0.25, 0.3) is 0 Å². The normalized spacial score (nSPS) is 16.3. The van der Waals surface area contributed by atoms with Crippen molar-refractivity contribution < 1.29 is 19.4 Å². The Hall–Kier alpha value is -2.83. The van der Waals surface area contributed by atoms with Gasteiger partial charge in [-0.15, -0.1) is 0 Å². The molecule has 0 bridgehead atoms. The van der Waals surface area contributed by atoms with Gasteiger partial charge in [-0.05, 0) is 11.6 Å². The largest absolute Gasteiger partial charge is 0.478 e. The molecule has 7 nitrogen and oxygen atoms in total. The maximum absolute atomic E-state index is 11.1. The van der Waals surface area contributed by atoms with E-state index in [0.29, 0.717) is 17.9 Å². The highest BCUT2D eigenvalue weighted by Crippen LogP contribution is 2.33. The van der Waals surface area contributed by atoms with E-state index in [0.717, 1.165) is 5.56 Å². The fourth-order valence-electron chi connectivity index (χ4n) is 1.94. The number of carbonyl (C=O) groups is 1. The van der Waals surface area contributed by atoms with Crippen molar-refractivity contribution in [2.45, 2.75) is 12.5 Å². The van der Waals surface area contributed by atoms with E-state index in [9.17, 15) is 9.59 Å². The molecule has 1 aliphatic rings. The summed E-state index contributed by atoms with van der Waals surface area (Å²) in [5.74, 6) is 0.0500. The van der Waals surface area contributed by atoms with E-state index in [2.05, 4.69) is 9.97 Å². The maximum atomic E-state index is 11.1. The van der Waals surface area contributed by atoms with Crippen molar-refractivity contribution in [3.63, 3.8) is 0 Å². The zero-order valence-corrected chi connectivity index (χ0v) is 10.2. The lowest BCUT2D eigenvalue weighted by Gasteiger charge is -2.06. The van der Waals surface area contributed by atoms with Crippen LogP contribution in [-0.2, 0) is 11.2 Å². The number of nitrogens with one attached hydrogen (secondary N) is 1. The smallest absolute Gasteiger partial charge is 0.345 e. The molecule has 0 radical (unpaired) electrons. The molecule has 0 spiro atoms. The molecule has 2 aromatic rings. The monoisotopic (exact) mass is 274 g/mol. The van der Waals surface area contributed by atoms with Gasteiger partial charge in [-0.2, -0.15) is 0 Å². The fourth-order valence-corrected chi connectivity index (χ4v) is 1.94. The molecule has 2 N–H and O–H groups in total. The van der Waals surface area contributed by atoms with Gasteiger partial charge in [0.05, 0.1) is 12.4 Å². The van der Waals surface area contributed by atoms with Crippen molar-refractivity contribution in [1.82, 2.24) is 9.97 Å². The summed E-state index contributed by atoms with van der Waals surface area (Å²) in [7, 11) is 0. The van der Waals surface area contributed by atoms with Crippen LogP contribution in [0.2, 0.25) is 0 Å². The Kier molecular flexibility index (Phi) is 2.86. The molecule has 20 heavy (non-hydrogen) atoms. The Balaban J connectivity index is 1.83. The molecule has 0 saturated carbocycles. The molecule has 1 unspecified atom stereocenters. The number of aromatic amines is 1. The molecule has 1 aromatic carbocycles. The van der Waals surface area contributed by atoms with E-state index in [1.807, 2.05) is 0 Å². The number of carboxylic acid groups (broad SMARTS) is 1. The van der Waals surface area contributed by atoms with Gasteiger partial charge in [0, 0.05) is 12.5 Å². The zero-order valence-electron chi connectivity index (χ0n) is 10.2. The lowest BCUT2D eigenvalue weighted by atomic mass is 10.1. The lowest BCUT2D eigenvalue weighted by molar-refractivity contribution is -0.144. The van der Waals surface area contributed by atoms with Crippen molar-refractivity contribution in [3.8, 4) is 17.4 Å². The number of nitrogens with zero attached hydrogens (tertiary/aromatic N) is 1. The maximum Gasteiger partial charge on any atom is 0.345 e. The molecule has 3 rings (SSSR count). The van der Waals surface area contributed by atoms with Crippen LogP contribution in [0.1, 0.15) is 5.56 Å². The number of aromatic nitrogens is 2. The first-order valence-corrected chi connectivity index (χ1v) is 5.87. The Morgan fingerprint density at radius 1 is 1.45 bits per heavy atom. The molecule has 2 heterocycles. The molecule has 7 heteroatoms. The van der Waals surface area contributed by atoms with Gasteiger partial charge in [0.25, 0.3) is 5.56 Å². The second-order valence-corrected chi connectivity index (χ2v) is 4.27. The molecule has 0 fully saturated rings. The molecular formula is C13H10N2O5. The average molecular weight is 274 g/mol. The molecule has 0 aliphatic carbocycles. The number of fused-ring (bicyclic) bond motifs is 1. The highest BCUT2D eigenvalue weighted by Gasteiger charge is 2.29. The average Bonchev–Trinajstić information content (AvgIpc) is 2.82. The summed E-state index contributed by atoms with van der Waals surface area (Å²) in [6.45, 7) is 0. The summed E-state index contributed by atoms with van der Waals surface area (Å²) in [4.78, 5) is 28.2. The third-order valence-corrected chi connectivity index (χ3v) is 2.86. The third kappa shape index (κ3) is 2.33. The second kappa shape index (κ2) is 4.69. The van der Waals surface area contributed by atoms with Gasteiger partial charge in [0.15, 0.2) is 6.10 Å². The highest BCUT2D eigenvalue weighted by molar-refractivity contribution is 5.74. The number of H-pyrrole nitrogens is 1. The number of benzene rings is 1. The zero-order chi connectivity index (χ0) is 14.1. The summed E-state index contributed by atoms with van der Waals surface area (Å²) in [6.07, 6.45) is 0.703. The van der Waals surface area contributed by atoms with Gasteiger partial charge in [0.2, 0.25) is 5.88 Å². The molecule has 1 atom stereocenters.